The summed E-state index contributed by atoms with van der Waals surface area (Å²) in [6.45, 7) is 2.13. The first-order valence-electron chi connectivity index (χ1n) is 7.62. The van der Waals surface area contributed by atoms with Crippen LogP contribution in [0.25, 0.3) is 0 Å². The topological polar surface area (TPSA) is 26.7 Å². The zero-order valence-electron chi connectivity index (χ0n) is 12.8. The van der Waals surface area contributed by atoms with Crippen molar-refractivity contribution in [3.63, 3.8) is 0 Å². The van der Waals surface area contributed by atoms with E-state index in [9.17, 15) is 5.11 Å². The maximum absolute atomic E-state index is 10.4. The van der Waals surface area contributed by atoms with Gasteiger partial charge in [-0.1, -0.05) is 29.8 Å². The first-order chi connectivity index (χ1) is 10.7. The van der Waals surface area contributed by atoms with E-state index in [4.69, 9.17) is 11.6 Å². The zero-order valence-corrected chi connectivity index (χ0v) is 14.4. The fraction of sp³-hybridized carbons (Fsp3) is 0.294. The molecule has 2 aliphatic heterocycles. The van der Waals surface area contributed by atoms with Crippen LogP contribution in [-0.2, 0) is 0 Å². The van der Waals surface area contributed by atoms with Crippen LogP contribution in [0.5, 0.6) is 5.75 Å². The predicted octanol–water partition coefficient (Wildman–Crippen LogP) is 3.59. The van der Waals surface area contributed by atoms with Gasteiger partial charge in [-0.15, -0.1) is 0 Å². The van der Waals surface area contributed by atoms with E-state index >= 15 is 0 Å². The minimum absolute atomic E-state index is 0. The van der Waals surface area contributed by atoms with Gasteiger partial charge in [0.05, 0.1) is 5.30 Å². The quantitative estimate of drug-likeness (QED) is 0.667. The van der Waals surface area contributed by atoms with Gasteiger partial charge in [-0.2, -0.15) is 0 Å². The average molecular weight is 344 g/mol. The Kier molecular flexibility index (Phi) is 4.86. The summed E-state index contributed by atoms with van der Waals surface area (Å²) < 4.78 is 5.01. The minimum atomic E-state index is -0.725. The van der Waals surface area contributed by atoms with Crippen molar-refractivity contribution in [1.82, 2.24) is 4.67 Å². The van der Waals surface area contributed by atoms with Crippen LogP contribution in [0.15, 0.2) is 48.5 Å². The molecule has 2 fully saturated rings. The molecule has 2 aromatic carbocycles. The van der Waals surface area contributed by atoms with Gasteiger partial charge in [0.15, 0.2) is 0 Å². The molecule has 6 heteroatoms. The molecule has 0 unspecified atom stereocenters. The summed E-state index contributed by atoms with van der Waals surface area (Å²) in [6, 6.07) is 16.5. The molecule has 4 rings (SSSR count). The van der Waals surface area contributed by atoms with Crippen molar-refractivity contribution in [2.24, 2.45) is 0 Å². The van der Waals surface area contributed by atoms with Crippen molar-refractivity contribution >= 4 is 39.2 Å². The third-order valence-electron chi connectivity index (χ3n) is 4.41. The Morgan fingerprint density at radius 2 is 1.91 bits per heavy atom. The summed E-state index contributed by atoms with van der Waals surface area (Å²) >= 11 is 6.19. The predicted molar refractivity (Wildman–Crippen MR) is 98.9 cm³/mol. The van der Waals surface area contributed by atoms with E-state index in [-0.39, 0.29) is 8.41 Å². The average Bonchev–Trinajstić information content (AvgIpc) is 3.11. The summed E-state index contributed by atoms with van der Waals surface area (Å²) in [4.78, 5) is 0. The normalized spacial score (nSPS) is 23.6. The number of phenols is 1. The number of aromatic hydroxyl groups is 1. The highest BCUT2D eigenvalue weighted by molar-refractivity contribution is 7.65. The molecule has 0 spiro atoms. The molecule has 2 heterocycles. The van der Waals surface area contributed by atoms with Crippen LogP contribution in [-0.4, -0.2) is 37.3 Å². The molecule has 3 radical (unpaired) electrons. The van der Waals surface area contributed by atoms with Crippen LogP contribution in [0, 0.1) is 0 Å². The van der Waals surface area contributed by atoms with Crippen LogP contribution in [0.1, 0.15) is 12.8 Å². The molecule has 2 aliphatic rings. The molecule has 0 saturated carbocycles. The first-order valence-corrected chi connectivity index (χ1v) is 9.24. The summed E-state index contributed by atoms with van der Waals surface area (Å²) in [6.07, 6.45) is 2.48. The molecule has 0 aliphatic carbocycles. The number of anilines is 1. The number of para-hydroxylation sites is 1. The fourth-order valence-corrected chi connectivity index (χ4v) is 6.53. The van der Waals surface area contributed by atoms with Gasteiger partial charge in [-0.3, -0.25) is 4.67 Å². The number of phenolic OH excluding ortho intramolecular Hbond substituents is 1. The largest absolute Gasteiger partial charge is 0.507 e. The van der Waals surface area contributed by atoms with E-state index in [1.165, 1.54) is 18.5 Å². The van der Waals surface area contributed by atoms with E-state index in [0.717, 1.165) is 18.4 Å². The van der Waals surface area contributed by atoms with Crippen LogP contribution in [0.2, 0.25) is 5.02 Å². The summed E-state index contributed by atoms with van der Waals surface area (Å²) in [7, 11) is -0.725. The Morgan fingerprint density at radius 3 is 2.70 bits per heavy atom. The van der Waals surface area contributed by atoms with E-state index in [1.807, 2.05) is 12.1 Å². The van der Waals surface area contributed by atoms with Crippen LogP contribution >= 0.6 is 19.8 Å². The van der Waals surface area contributed by atoms with E-state index in [1.54, 1.807) is 12.1 Å². The highest BCUT2D eigenvalue weighted by atomic mass is 35.5. The molecule has 0 bridgehead atoms. The Labute approximate surface area is 145 Å². The SMILES string of the molecule is Oc1ccc(Cl)cc1[P@@]1N(c2ccccc2)C[C@@H]2CCCN21.[B]. The molecule has 0 amide bonds. The van der Waals surface area contributed by atoms with E-state index in [2.05, 4.69) is 33.6 Å². The fourth-order valence-electron chi connectivity index (χ4n) is 3.41. The van der Waals surface area contributed by atoms with Crippen molar-refractivity contribution in [3.05, 3.63) is 53.6 Å². The highest BCUT2D eigenvalue weighted by Gasteiger charge is 2.44. The van der Waals surface area contributed by atoms with Crippen molar-refractivity contribution in [2.45, 2.75) is 18.9 Å². The summed E-state index contributed by atoms with van der Waals surface area (Å²) in [5.74, 6) is 0.351. The second-order valence-electron chi connectivity index (χ2n) is 5.80. The molecule has 117 valence electrons. The molecule has 3 nitrogen and oxygen atoms in total. The Hall–Kier alpha value is -1.22. The lowest BCUT2D eigenvalue weighted by Gasteiger charge is -2.31. The number of fused-ring (bicyclic) bond motifs is 1. The molecule has 1 N–H and O–H groups in total. The van der Waals surface area contributed by atoms with Crippen LogP contribution in [0.3, 0.4) is 0 Å². The lowest BCUT2D eigenvalue weighted by Crippen LogP contribution is -2.23. The maximum atomic E-state index is 10.4. The molecule has 2 saturated heterocycles. The van der Waals surface area contributed by atoms with Gasteiger partial charge in [-0.25, -0.2) is 0 Å². The van der Waals surface area contributed by atoms with Crippen LogP contribution in [0.4, 0.5) is 5.69 Å². The molecular weight excluding hydrogens is 325 g/mol. The second kappa shape index (κ2) is 6.72. The highest BCUT2D eigenvalue weighted by Crippen LogP contribution is 2.56. The van der Waals surface area contributed by atoms with Crippen molar-refractivity contribution in [1.29, 1.82) is 0 Å². The monoisotopic (exact) mass is 343 g/mol. The Morgan fingerprint density at radius 1 is 1.13 bits per heavy atom. The molecule has 23 heavy (non-hydrogen) atoms. The first kappa shape index (κ1) is 16.6. The van der Waals surface area contributed by atoms with E-state index < -0.39 is 8.22 Å². The molecule has 2 atom stereocenters. The summed E-state index contributed by atoms with van der Waals surface area (Å²) in [5.41, 5.74) is 1.22. The smallest absolute Gasteiger partial charge is 0.126 e. The Bertz CT molecular complexity index is 688. The Balaban J connectivity index is 0.00000156. The number of benzene rings is 2. The molecule has 0 aromatic heterocycles. The number of nitrogens with zero attached hydrogens (tertiary/aromatic N) is 2. The van der Waals surface area contributed by atoms with Gasteiger partial charge >= 0.3 is 0 Å². The number of hydrogen-bond acceptors (Lipinski definition) is 3. The van der Waals surface area contributed by atoms with Crippen molar-refractivity contribution in [3.8, 4) is 5.75 Å². The van der Waals surface area contributed by atoms with E-state index in [0.29, 0.717) is 16.8 Å². The van der Waals surface area contributed by atoms with Crippen molar-refractivity contribution in [2.75, 3.05) is 17.8 Å². The lowest BCUT2D eigenvalue weighted by molar-refractivity contribution is 0.464. The van der Waals surface area contributed by atoms with Gasteiger partial charge in [0.1, 0.15) is 14.0 Å². The number of halogens is 1. The molecule has 2 aromatic rings. The maximum Gasteiger partial charge on any atom is 0.126 e. The number of hydrogen-bond donors (Lipinski definition) is 1. The third kappa shape index (κ3) is 2.96. The standard InChI is InChI=1S/C17H18ClN2OP.B/c18-13-8-9-16(21)17(11-13)22-19-10-4-7-15(19)12-20(22)14-5-2-1-3-6-14;/h1-3,5-6,8-9,11,15,21H,4,7,10,12H2;/t15-,22+;/m0./s1. The van der Waals surface area contributed by atoms with Gasteiger partial charge in [0.25, 0.3) is 0 Å². The van der Waals surface area contributed by atoms with Gasteiger partial charge < -0.3 is 9.78 Å². The second-order valence-corrected chi connectivity index (χ2v) is 8.29. The van der Waals surface area contributed by atoms with Gasteiger partial charge in [0, 0.05) is 38.3 Å². The third-order valence-corrected chi connectivity index (χ3v) is 7.30. The van der Waals surface area contributed by atoms with Crippen molar-refractivity contribution < 1.29 is 5.11 Å². The number of rotatable bonds is 2. The van der Waals surface area contributed by atoms with Crippen LogP contribution < -0.4 is 9.97 Å². The van der Waals surface area contributed by atoms with Gasteiger partial charge in [0.2, 0.25) is 0 Å². The summed E-state index contributed by atoms with van der Waals surface area (Å²) in [5, 5.41) is 12.0. The molecular formula is C17H18BClN2OP. The lowest BCUT2D eigenvalue weighted by atomic mass is 10.2. The van der Waals surface area contributed by atoms with Gasteiger partial charge in [-0.05, 0) is 43.2 Å². The zero-order chi connectivity index (χ0) is 15.1. The minimum Gasteiger partial charge on any atom is -0.507 e.